The molecule has 11 N–H and O–H groups in total. The summed E-state index contributed by atoms with van der Waals surface area (Å²) in [5, 5.41) is 87.4. The van der Waals surface area contributed by atoms with E-state index >= 15 is 17.6 Å². The molecule has 23 heteroatoms. The van der Waals surface area contributed by atoms with Crippen LogP contribution in [0.1, 0.15) is 131 Å². The van der Waals surface area contributed by atoms with Crippen LogP contribution in [0.3, 0.4) is 0 Å². The molecule has 19 nitrogen and oxygen atoms in total. The van der Waals surface area contributed by atoms with Crippen LogP contribution in [-0.2, 0) is 46.2 Å². The maximum Gasteiger partial charge on any atom is 0.412 e. The van der Waals surface area contributed by atoms with Gasteiger partial charge in [0.25, 0.3) is 0 Å². The molecule has 19 atom stereocenters. The van der Waals surface area contributed by atoms with E-state index in [9.17, 15) is 69.6 Å². The number of alkyl halides is 4. The van der Waals surface area contributed by atoms with Crippen LogP contribution in [0.5, 0.6) is 11.5 Å². The number of aliphatic hydroxyl groups is 6. The Hall–Kier alpha value is -7.74. The fourth-order valence-corrected chi connectivity index (χ4v) is 18.6. The van der Waals surface area contributed by atoms with E-state index in [2.05, 4.69) is 5.32 Å². The van der Waals surface area contributed by atoms with Crippen molar-refractivity contribution >= 4 is 46.9 Å². The van der Waals surface area contributed by atoms with Crippen molar-refractivity contribution in [1.29, 1.82) is 0 Å². The molecule has 0 bridgehead atoms. The summed E-state index contributed by atoms with van der Waals surface area (Å²) >= 11 is 0. The second-order valence-electron chi connectivity index (χ2n) is 29.8. The Balaban J connectivity index is 0.000000159. The van der Waals surface area contributed by atoms with Crippen molar-refractivity contribution in [2.24, 2.45) is 45.3 Å². The smallest absolute Gasteiger partial charge is 0.412 e. The first-order chi connectivity index (χ1) is 45.9. The molecule has 4 aromatic carbocycles. The van der Waals surface area contributed by atoms with Crippen LogP contribution in [-0.4, -0.2) is 154 Å². The number of aromatic hydroxyl groups is 2. The molecular formula is C75H84F4N2O17. The molecule has 0 spiro atoms. The number of nitrogen functional groups attached to an aromatic ring is 1. The highest BCUT2D eigenvalue weighted by atomic mass is 19.2. The third-order valence-corrected chi connectivity index (χ3v) is 23.3. The van der Waals surface area contributed by atoms with E-state index in [0.29, 0.717) is 52.8 Å². The Morgan fingerprint density at radius 1 is 0.673 bits per heavy atom. The van der Waals surface area contributed by atoms with Gasteiger partial charge in [0.15, 0.2) is 52.0 Å². The number of halogens is 4. The highest BCUT2D eigenvalue weighted by molar-refractivity contribution is 6.02. The zero-order valence-corrected chi connectivity index (χ0v) is 55.4. The van der Waals surface area contributed by atoms with Gasteiger partial charge in [-0.2, -0.15) is 0 Å². The van der Waals surface area contributed by atoms with Gasteiger partial charge in [0.05, 0.1) is 24.4 Å². The van der Waals surface area contributed by atoms with Gasteiger partial charge in [-0.1, -0.05) is 74.5 Å². The SMILES string of the molecule is CC(C)(C)OC(=O)Nc1cccc(Cc2ccc(C=O)cc2O)c1.C[C@]12C=CC(=O)C=C1[C@@H](F)C[C@H]1[C@@H]3C[C@@H](O)[C@](O)(C(=O)CO)[C@@]3(C)C[C@H](O)[C@@]12F.C[C@]12C=CC(=O)C=C1[C@@H](F)C[C@H]1[C@@H]3C[C@H]4O[C@@H](c5ccc(Cc6cccc(N)c6)c(O)c5)O[C@@]4(C(=O)CO)[C@@]3(C)C[C@H](O)[C@@]12F. The lowest BCUT2D eigenvalue weighted by Crippen LogP contribution is -2.70. The number of carbonyl (C=O) groups is 6. The number of aliphatic hydroxyl groups excluding tert-OH is 5. The number of amides is 1. The number of nitrogens with two attached hydrogens (primary N) is 1. The van der Waals surface area contributed by atoms with E-state index in [1.807, 2.05) is 36.4 Å². The quantitative estimate of drug-likeness (QED) is 0.0380. The van der Waals surface area contributed by atoms with Gasteiger partial charge in [-0.15, -0.1) is 0 Å². The van der Waals surface area contributed by atoms with Gasteiger partial charge in [0.2, 0.25) is 0 Å². The summed E-state index contributed by atoms with van der Waals surface area (Å²) in [5.41, 5.74) is -4.01. The van der Waals surface area contributed by atoms with Gasteiger partial charge in [-0.25, -0.2) is 22.4 Å². The molecule has 13 rings (SSSR count). The van der Waals surface area contributed by atoms with Crippen molar-refractivity contribution < 1.29 is 101 Å². The van der Waals surface area contributed by atoms with Crippen LogP contribution >= 0.6 is 0 Å². The Labute approximate surface area is 564 Å². The molecule has 8 aliphatic carbocycles. The largest absolute Gasteiger partial charge is 0.508 e. The molecule has 98 heavy (non-hydrogen) atoms. The summed E-state index contributed by atoms with van der Waals surface area (Å²) in [6.45, 7) is 9.68. The minimum atomic E-state index is -2.37. The number of ketones is 4. The van der Waals surface area contributed by atoms with Crippen LogP contribution in [0.25, 0.3) is 0 Å². The molecule has 4 aromatic rings. The molecule has 1 amide bonds. The number of phenolic OH excluding ortho intramolecular Hbond substituents is 2. The molecule has 1 saturated heterocycles. The third kappa shape index (κ3) is 11.3. The molecule has 0 radical (unpaired) electrons. The van der Waals surface area contributed by atoms with Crippen molar-refractivity contribution in [1.82, 2.24) is 0 Å². The monoisotopic (exact) mass is 1360 g/mol. The number of hydrogen-bond acceptors (Lipinski definition) is 18. The Kier molecular flexibility index (Phi) is 18.6. The number of carbonyl (C=O) groups excluding carboxylic acids is 6. The summed E-state index contributed by atoms with van der Waals surface area (Å²) in [6.07, 6.45) is -3.05. The number of nitrogens with one attached hydrogen (secondary N) is 1. The lowest BCUT2D eigenvalue weighted by Gasteiger charge is -2.63. The van der Waals surface area contributed by atoms with Crippen molar-refractivity contribution in [2.45, 2.75) is 171 Å². The van der Waals surface area contributed by atoms with Gasteiger partial charge >= 0.3 is 6.09 Å². The van der Waals surface area contributed by atoms with E-state index in [-0.39, 0.29) is 61.2 Å². The van der Waals surface area contributed by atoms with Gasteiger partial charge in [0.1, 0.15) is 48.9 Å². The van der Waals surface area contributed by atoms with E-state index in [1.54, 1.807) is 64.1 Å². The third-order valence-electron chi connectivity index (χ3n) is 23.3. The standard InChI is InChI=1S/C35H37F2NO7.C21H26F2O6.C19H21NO4/c1-32-9-8-22(40)13-25(32)26(36)14-24-23-15-30-35(29(43)17-39,33(23,2)16-28(42)34(24,32)37)45-31(44-30)20-7-6-19(27(41)12-20)10-18-4-3-5-21(38)11-18;1-18-4-3-10(25)5-13(18)14(22)6-12-11-7-15(26)21(29,17(28)9-24)19(11,2)8-16(27)20(12,18)23;1-19(2,3)24-18(23)20-16-6-4-5-13(10-16)9-15-8-7-14(12-21)11-17(15)22/h3-9,11-13,23-24,26,28,30-31,39,41-42H,10,14-17,38H2,1-2H3;3-5,11-12,14-16,24,26-27,29H,6-9H2,1-2H3;4-8,10-12,22H,9H2,1-3H3,(H,20,23)/t23-,24-,26-,28-,30+,31+,32-,33-,34-,35+;11-,12-,14-,15+,16-,18-,19-,20-,21-;/m00./s1. The Morgan fingerprint density at radius 3 is 1.71 bits per heavy atom. The zero-order valence-electron chi connectivity index (χ0n) is 55.4. The first-order valence-electron chi connectivity index (χ1n) is 32.9. The average molecular weight is 1360 g/mol. The van der Waals surface area contributed by atoms with Gasteiger partial charge in [-0.3, -0.25) is 29.3 Å². The second-order valence-corrected chi connectivity index (χ2v) is 29.8. The molecule has 1 heterocycles. The van der Waals surface area contributed by atoms with E-state index in [0.717, 1.165) is 29.4 Å². The summed E-state index contributed by atoms with van der Waals surface area (Å²) in [6, 6.07) is 24.4. The first-order valence-corrected chi connectivity index (χ1v) is 32.9. The van der Waals surface area contributed by atoms with Crippen LogP contribution in [0.2, 0.25) is 0 Å². The zero-order chi connectivity index (χ0) is 71.4. The van der Waals surface area contributed by atoms with Crippen LogP contribution in [0.15, 0.2) is 133 Å². The second kappa shape index (κ2) is 25.5. The number of aldehydes is 1. The van der Waals surface area contributed by atoms with Gasteiger partial charge in [-0.05, 0) is 179 Å². The summed E-state index contributed by atoms with van der Waals surface area (Å²) in [7, 11) is 0. The highest BCUT2D eigenvalue weighted by Crippen LogP contribution is 2.74. The highest BCUT2D eigenvalue weighted by Gasteiger charge is 2.81. The van der Waals surface area contributed by atoms with Crippen molar-refractivity contribution in [2.75, 3.05) is 24.3 Å². The van der Waals surface area contributed by atoms with Crippen LogP contribution in [0.4, 0.5) is 33.7 Å². The molecular weight excluding hydrogens is 1280 g/mol. The normalized spacial score (nSPS) is 37.7. The van der Waals surface area contributed by atoms with E-state index < -0.39 is 159 Å². The van der Waals surface area contributed by atoms with Gasteiger partial charge in [0, 0.05) is 68.8 Å². The predicted molar refractivity (Wildman–Crippen MR) is 349 cm³/mol. The summed E-state index contributed by atoms with van der Waals surface area (Å²) in [5.74, 6) is -6.08. The topological polar surface area (TPSA) is 330 Å². The molecule has 524 valence electrons. The number of hydrogen-bond donors (Lipinski definition) is 10. The number of benzene rings is 4. The summed E-state index contributed by atoms with van der Waals surface area (Å²) in [4.78, 5) is 72.5. The van der Waals surface area contributed by atoms with E-state index in [4.69, 9.17) is 19.9 Å². The van der Waals surface area contributed by atoms with Crippen molar-refractivity contribution in [3.8, 4) is 11.5 Å². The number of ether oxygens (including phenoxy) is 3. The van der Waals surface area contributed by atoms with Crippen LogP contribution in [0, 0.1) is 45.3 Å². The number of rotatable bonds is 11. The molecule has 9 aliphatic rings. The number of Topliss-reactive ketones (excluding diaryl/α,β-unsaturated/α-hetero) is 2. The summed E-state index contributed by atoms with van der Waals surface area (Å²) < 4.78 is 83.4. The number of phenols is 2. The predicted octanol–water partition coefficient (Wildman–Crippen LogP) is 8.92. The van der Waals surface area contributed by atoms with Crippen molar-refractivity contribution in [3.63, 3.8) is 0 Å². The fraction of sp³-hybridized carbons (Fsp3) is 0.493. The molecule has 0 aromatic heterocycles. The lowest BCUT2D eigenvalue weighted by atomic mass is 9.44. The number of anilines is 2. The molecule has 6 saturated carbocycles. The van der Waals surface area contributed by atoms with Crippen molar-refractivity contribution in [3.05, 3.63) is 166 Å². The number of fused-ring (bicyclic) bond motifs is 12. The fourth-order valence-electron chi connectivity index (χ4n) is 18.6. The Bertz CT molecular complexity index is 4020. The number of allylic oxidation sites excluding steroid dienone is 8. The van der Waals surface area contributed by atoms with Gasteiger partial charge < -0.3 is 60.8 Å². The average Bonchev–Trinajstić information content (AvgIpc) is 1.42. The van der Waals surface area contributed by atoms with Crippen LogP contribution < -0.4 is 11.1 Å². The lowest BCUT2D eigenvalue weighted by molar-refractivity contribution is -0.235. The molecule has 0 unspecified atom stereocenters. The molecule has 1 aliphatic heterocycles. The maximum atomic E-state index is 17.6. The molecule has 7 fully saturated rings. The maximum absolute atomic E-state index is 17.6. The minimum Gasteiger partial charge on any atom is -0.508 e. The van der Waals surface area contributed by atoms with E-state index in [1.165, 1.54) is 51.1 Å². The Morgan fingerprint density at radius 2 is 1.19 bits per heavy atom. The first kappa shape index (κ1) is 71.5. The minimum absolute atomic E-state index is 0.00609.